The summed E-state index contributed by atoms with van der Waals surface area (Å²) in [4.78, 5) is 16.6. The van der Waals surface area contributed by atoms with Crippen molar-refractivity contribution in [2.24, 2.45) is 4.99 Å². The van der Waals surface area contributed by atoms with Crippen LogP contribution in [0.1, 0.15) is 37.4 Å². The second-order valence-corrected chi connectivity index (χ2v) is 10.5. The van der Waals surface area contributed by atoms with Gasteiger partial charge in [0.15, 0.2) is 0 Å². The molecule has 0 saturated carbocycles. The Balaban J connectivity index is 2.47. The molecule has 11 heteroatoms. The van der Waals surface area contributed by atoms with E-state index < -0.39 is 27.3 Å². The number of ether oxygens (including phenoxy) is 1. The first kappa shape index (κ1) is 20.5. The van der Waals surface area contributed by atoms with Gasteiger partial charge in [0.2, 0.25) is 16.0 Å². The van der Waals surface area contributed by atoms with Crippen molar-refractivity contribution >= 4 is 45.0 Å². The Morgan fingerprint density at radius 3 is 2.65 bits per heavy atom. The molecular weight excluding hydrogens is 400 g/mol. The predicted molar refractivity (Wildman–Crippen MR) is 99.8 cm³/mol. The van der Waals surface area contributed by atoms with E-state index in [9.17, 15) is 13.2 Å². The van der Waals surface area contributed by atoms with E-state index in [0.29, 0.717) is 9.75 Å². The lowest BCUT2D eigenvalue weighted by molar-refractivity contribution is 0.0602. The fraction of sp³-hybridized carbons (Fsp3) is 0.533. The van der Waals surface area contributed by atoms with Crippen LogP contribution in [0.25, 0.3) is 0 Å². The molecule has 1 aromatic heterocycles. The maximum Gasteiger partial charge on any atom is 0.437 e. The van der Waals surface area contributed by atoms with Gasteiger partial charge in [-0.05, 0) is 33.8 Å². The van der Waals surface area contributed by atoms with Crippen LogP contribution < -0.4 is 5.32 Å². The number of aliphatic imine (C=N–C) groups is 1. The van der Waals surface area contributed by atoms with Crippen molar-refractivity contribution in [3.63, 3.8) is 0 Å². The summed E-state index contributed by atoms with van der Waals surface area (Å²) >= 11 is 7.28. The molecule has 1 saturated heterocycles. The van der Waals surface area contributed by atoms with Crippen molar-refractivity contribution in [3.8, 4) is 6.07 Å². The quantitative estimate of drug-likeness (QED) is 0.750. The van der Waals surface area contributed by atoms with Crippen LogP contribution in [0, 0.1) is 11.3 Å². The Morgan fingerprint density at radius 2 is 2.15 bits per heavy atom. The molecule has 142 valence electrons. The standard InChI is InChI=1S/C15H19ClN4O4S2/c1-14(2,3)24-13(21)18-12-19-15(4,8-26(22,23)20(12)5)11-10(16)6-9(7-17)25-11/h6H,8H2,1-5H3,(H,18,19,21)/t15-/m0/s1. The number of hydrogen-bond acceptors (Lipinski definition) is 6. The van der Waals surface area contributed by atoms with Gasteiger partial charge in [-0.3, -0.25) is 0 Å². The molecule has 1 atom stereocenters. The van der Waals surface area contributed by atoms with Crippen LogP contribution in [0.5, 0.6) is 0 Å². The largest absolute Gasteiger partial charge is 0.442 e. The Hall–Kier alpha value is -1.83. The van der Waals surface area contributed by atoms with E-state index in [1.54, 1.807) is 27.7 Å². The van der Waals surface area contributed by atoms with Gasteiger partial charge in [-0.25, -0.2) is 17.5 Å². The maximum absolute atomic E-state index is 12.6. The number of carbonyl (C=O) groups is 1. The molecule has 2 heterocycles. The molecule has 1 aliphatic rings. The van der Waals surface area contributed by atoms with E-state index in [2.05, 4.69) is 10.3 Å². The van der Waals surface area contributed by atoms with E-state index in [1.807, 2.05) is 6.07 Å². The molecule has 1 N–H and O–H groups in total. The minimum Gasteiger partial charge on any atom is -0.442 e. The molecule has 0 aromatic carbocycles. The average Bonchev–Trinajstić information content (AvgIpc) is 2.84. The highest BCUT2D eigenvalue weighted by molar-refractivity contribution is 7.89. The molecular formula is C15H19ClN4O4S2. The topological polar surface area (TPSA) is 112 Å². The third-order valence-electron chi connectivity index (χ3n) is 3.46. The van der Waals surface area contributed by atoms with Crippen LogP contribution in [-0.4, -0.2) is 43.2 Å². The first-order chi connectivity index (χ1) is 11.8. The van der Waals surface area contributed by atoms with Crippen molar-refractivity contribution in [1.82, 2.24) is 9.62 Å². The Morgan fingerprint density at radius 1 is 1.54 bits per heavy atom. The first-order valence-electron chi connectivity index (χ1n) is 7.54. The summed E-state index contributed by atoms with van der Waals surface area (Å²) < 4.78 is 31.2. The average molecular weight is 419 g/mol. The molecule has 2 rings (SSSR count). The number of amides is 1. The van der Waals surface area contributed by atoms with Gasteiger partial charge in [0.05, 0.1) is 21.2 Å². The Kier molecular flexibility index (Phi) is 5.29. The van der Waals surface area contributed by atoms with Crippen LogP contribution in [0.15, 0.2) is 11.1 Å². The first-order valence-corrected chi connectivity index (χ1v) is 10.3. The predicted octanol–water partition coefficient (Wildman–Crippen LogP) is 2.64. The SMILES string of the molecule is CN1/C(=N/C(=O)OC(C)(C)C)N[C@](C)(c2sc(C#N)cc2Cl)CS1(=O)=O. The zero-order valence-electron chi connectivity index (χ0n) is 15.0. The number of nitrogens with one attached hydrogen (secondary N) is 1. The van der Waals surface area contributed by atoms with Gasteiger partial charge < -0.3 is 10.1 Å². The van der Waals surface area contributed by atoms with Gasteiger partial charge in [-0.15, -0.1) is 16.3 Å². The molecule has 0 radical (unpaired) electrons. The van der Waals surface area contributed by atoms with Gasteiger partial charge in [-0.2, -0.15) is 5.26 Å². The van der Waals surface area contributed by atoms with Crippen molar-refractivity contribution in [1.29, 1.82) is 5.26 Å². The van der Waals surface area contributed by atoms with Crippen LogP contribution >= 0.6 is 22.9 Å². The highest BCUT2D eigenvalue weighted by Gasteiger charge is 2.45. The third kappa shape index (κ3) is 4.28. The molecule has 0 aliphatic carbocycles. The minimum atomic E-state index is -3.77. The smallest absolute Gasteiger partial charge is 0.437 e. The zero-order chi connectivity index (χ0) is 19.9. The highest BCUT2D eigenvalue weighted by atomic mass is 35.5. The number of carbonyl (C=O) groups excluding carboxylic acids is 1. The fourth-order valence-corrected chi connectivity index (χ4v) is 5.37. The minimum absolute atomic E-state index is 0.170. The van der Waals surface area contributed by atoms with Gasteiger partial charge in [-0.1, -0.05) is 11.6 Å². The van der Waals surface area contributed by atoms with Gasteiger partial charge in [0, 0.05) is 7.05 Å². The monoisotopic (exact) mass is 418 g/mol. The summed E-state index contributed by atoms with van der Waals surface area (Å²) in [6, 6.07) is 3.46. The number of nitriles is 1. The normalized spacial score (nSPS) is 24.0. The molecule has 1 aliphatic heterocycles. The van der Waals surface area contributed by atoms with Crippen molar-refractivity contribution in [2.75, 3.05) is 12.8 Å². The molecule has 1 aromatic rings. The van der Waals surface area contributed by atoms with E-state index >= 15 is 0 Å². The van der Waals surface area contributed by atoms with Gasteiger partial charge >= 0.3 is 6.09 Å². The van der Waals surface area contributed by atoms with Crippen molar-refractivity contribution in [2.45, 2.75) is 38.8 Å². The number of halogens is 1. The zero-order valence-corrected chi connectivity index (χ0v) is 17.3. The third-order valence-corrected chi connectivity index (χ3v) is 7.13. The molecule has 26 heavy (non-hydrogen) atoms. The number of thiophene rings is 1. The summed E-state index contributed by atoms with van der Waals surface area (Å²) in [7, 11) is -2.48. The van der Waals surface area contributed by atoms with Gasteiger partial charge in [0.25, 0.3) is 0 Å². The van der Waals surface area contributed by atoms with Crippen LogP contribution in [0.4, 0.5) is 4.79 Å². The van der Waals surface area contributed by atoms with Crippen molar-refractivity contribution in [3.05, 3.63) is 20.8 Å². The number of nitrogens with zero attached hydrogens (tertiary/aromatic N) is 3. The van der Waals surface area contributed by atoms with E-state index in [4.69, 9.17) is 21.6 Å². The molecule has 8 nitrogen and oxygen atoms in total. The summed E-state index contributed by atoms with van der Waals surface area (Å²) in [5, 5.41) is 12.3. The van der Waals surface area contributed by atoms with Crippen LogP contribution in [-0.2, 0) is 20.3 Å². The molecule has 0 spiro atoms. The highest BCUT2D eigenvalue weighted by Crippen LogP contribution is 2.38. The van der Waals surface area contributed by atoms with Gasteiger partial charge in [0.1, 0.15) is 16.5 Å². The van der Waals surface area contributed by atoms with E-state index in [0.717, 1.165) is 15.6 Å². The summed E-state index contributed by atoms with van der Waals surface area (Å²) in [6.07, 6.45) is -0.915. The number of hydrogen-bond donors (Lipinski definition) is 1. The lowest BCUT2D eigenvalue weighted by Crippen LogP contribution is -2.61. The number of rotatable bonds is 1. The summed E-state index contributed by atoms with van der Waals surface area (Å²) in [5.41, 5.74) is -1.92. The Labute approximate surface area is 161 Å². The fourth-order valence-electron chi connectivity index (χ4n) is 2.35. The van der Waals surface area contributed by atoms with E-state index in [1.165, 1.54) is 13.1 Å². The maximum atomic E-state index is 12.6. The second-order valence-electron chi connectivity index (χ2n) is 7.00. The van der Waals surface area contributed by atoms with Crippen LogP contribution in [0.3, 0.4) is 0 Å². The number of sulfonamides is 1. The second kappa shape index (κ2) is 6.72. The van der Waals surface area contributed by atoms with Crippen LogP contribution in [0.2, 0.25) is 5.02 Å². The molecule has 1 amide bonds. The Bertz CT molecular complexity index is 911. The molecule has 0 unspecified atom stereocenters. The lowest BCUT2D eigenvalue weighted by Gasteiger charge is -2.39. The lowest BCUT2D eigenvalue weighted by atomic mass is 10.0. The molecule has 1 fully saturated rings. The molecule has 0 bridgehead atoms. The summed E-state index contributed by atoms with van der Waals surface area (Å²) in [5.74, 6) is -0.481. The van der Waals surface area contributed by atoms with E-state index in [-0.39, 0.29) is 16.7 Å². The summed E-state index contributed by atoms with van der Waals surface area (Å²) in [6.45, 7) is 6.66. The number of guanidine groups is 1. The van der Waals surface area contributed by atoms with Crippen molar-refractivity contribution < 1.29 is 17.9 Å².